The molecule has 3 amide bonds. The second kappa shape index (κ2) is 11.3. The van der Waals surface area contributed by atoms with Crippen molar-refractivity contribution in [3.05, 3.63) is 38.8 Å². The Kier molecular flexibility index (Phi) is 8.02. The molecule has 2 unspecified atom stereocenters. The maximum Gasteiger partial charge on any atom is 0.280 e. The molecule has 1 aromatic rings. The third-order valence-electron chi connectivity index (χ3n) is 7.93. The van der Waals surface area contributed by atoms with Crippen LogP contribution in [0.3, 0.4) is 0 Å². The van der Waals surface area contributed by atoms with Gasteiger partial charge in [-0.2, -0.15) is 0 Å². The SMILES string of the molecule is CN1CCc2nc(C(=O)N[C@@H]3C[C@@H](CC(=O)N(C)C)CC[C@@H]3NC(=O)C3=NC4C=CC(Cl)=CC4C3)sc2C1. The lowest BCUT2D eigenvalue weighted by Gasteiger charge is -2.37. The van der Waals surface area contributed by atoms with Crippen LogP contribution in [0.1, 0.15) is 52.5 Å². The van der Waals surface area contributed by atoms with Crippen molar-refractivity contribution < 1.29 is 14.4 Å². The molecule has 2 N–H and O–H groups in total. The molecule has 2 aliphatic heterocycles. The highest BCUT2D eigenvalue weighted by molar-refractivity contribution is 7.13. The first-order chi connectivity index (χ1) is 18.2. The number of amides is 3. The molecule has 1 saturated carbocycles. The van der Waals surface area contributed by atoms with E-state index >= 15 is 0 Å². The number of halogens is 1. The molecule has 5 rings (SSSR count). The molecule has 4 aliphatic rings. The van der Waals surface area contributed by atoms with E-state index in [0.717, 1.165) is 36.5 Å². The van der Waals surface area contributed by atoms with Crippen LogP contribution in [0.15, 0.2) is 28.3 Å². The molecule has 0 radical (unpaired) electrons. The molecule has 204 valence electrons. The number of allylic oxidation sites excluding steroid dienone is 2. The number of aliphatic imine (C=N–C) groups is 1. The number of hydrogen-bond donors (Lipinski definition) is 2. The monoisotopic (exact) mass is 558 g/mol. The van der Waals surface area contributed by atoms with Crippen LogP contribution in [0.4, 0.5) is 0 Å². The van der Waals surface area contributed by atoms with Crippen molar-refractivity contribution in [3.63, 3.8) is 0 Å². The summed E-state index contributed by atoms with van der Waals surface area (Å²) in [5.41, 5.74) is 1.52. The van der Waals surface area contributed by atoms with Crippen molar-refractivity contribution in [1.82, 2.24) is 25.4 Å². The summed E-state index contributed by atoms with van der Waals surface area (Å²) < 4.78 is 0. The molecule has 9 nitrogen and oxygen atoms in total. The summed E-state index contributed by atoms with van der Waals surface area (Å²) in [5, 5.41) is 7.46. The van der Waals surface area contributed by atoms with Gasteiger partial charge in [0, 0.05) is 74.4 Å². The third kappa shape index (κ3) is 6.02. The summed E-state index contributed by atoms with van der Waals surface area (Å²) in [7, 11) is 5.58. The lowest BCUT2D eigenvalue weighted by atomic mass is 9.80. The van der Waals surface area contributed by atoms with Crippen LogP contribution < -0.4 is 10.6 Å². The summed E-state index contributed by atoms with van der Waals surface area (Å²) in [6.07, 6.45) is 9.61. The second-order valence-corrected chi connectivity index (χ2v) is 12.6. The molecular weight excluding hydrogens is 524 g/mol. The summed E-state index contributed by atoms with van der Waals surface area (Å²) in [6.45, 7) is 1.73. The van der Waals surface area contributed by atoms with Gasteiger partial charge in [-0.25, -0.2) is 4.98 Å². The first-order valence-electron chi connectivity index (χ1n) is 13.3. The largest absolute Gasteiger partial charge is 0.349 e. The average molecular weight is 559 g/mol. The lowest BCUT2D eigenvalue weighted by Crippen LogP contribution is -2.55. The van der Waals surface area contributed by atoms with Crippen LogP contribution in [0, 0.1) is 11.8 Å². The molecule has 1 aromatic heterocycles. The quantitative estimate of drug-likeness (QED) is 0.558. The van der Waals surface area contributed by atoms with Gasteiger partial charge in [0.05, 0.1) is 11.7 Å². The molecule has 0 bridgehead atoms. The molecule has 0 spiro atoms. The number of rotatable bonds is 6. The van der Waals surface area contributed by atoms with Crippen LogP contribution in [-0.2, 0) is 22.6 Å². The fourth-order valence-corrected chi connectivity index (χ4v) is 7.05. The minimum Gasteiger partial charge on any atom is -0.349 e. The Morgan fingerprint density at radius 1 is 1.18 bits per heavy atom. The number of thiazole rings is 1. The standard InChI is InChI=1S/C27H35ClN6O3S/c1-33(2)24(35)11-15-4-6-19(30-25(36)22-13-16-12-17(28)5-7-18(16)29-22)21(10-15)31-26(37)27-32-20-8-9-34(3)14-23(20)38-27/h5,7,12,15-16,18-19,21H,4,6,8-11,13-14H2,1-3H3,(H,30,36)(H,31,37)/t15-,16?,18?,19-,21+/m0/s1. The molecular formula is C27H35ClN6O3S. The van der Waals surface area contributed by atoms with Crippen molar-refractivity contribution >= 4 is 46.4 Å². The fraction of sp³-hybridized carbons (Fsp3) is 0.593. The highest BCUT2D eigenvalue weighted by atomic mass is 35.5. The number of nitrogens with one attached hydrogen (secondary N) is 2. The highest BCUT2D eigenvalue weighted by Gasteiger charge is 2.37. The molecule has 5 atom stereocenters. The van der Waals surface area contributed by atoms with E-state index in [1.54, 1.807) is 19.0 Å². The van der Waals surface area contributed by atoms with E-state index in [1.807, 2.05) is 18.2 Å². The maximum absolute atomic E-state index is 13.3. The second-order valence-electron chi connectivity index (χ2n) is 11.1. The average Bonchev–Trinajstić information content (AvgIpc) is 3.49. The number of nitrogens with zero attached hydrogens (tertiary/aromatic N) is 4. The number of fused-ring (bicyclic) bond motifs is 2. The van der Waals surface area contributed by atoms with E-state index in [4.69, 9.17) is 11.6 Å². The maximum atomic E-state index is 13.3. The van der Waals surface area contributed by atoms with Gasteiger partial charge in [0.25, 0.3) is 11.8 Å². The zero-order valence-electron chi connectivity index (χ0n) is 22.1. The number of carbonyl (C=O) groups is 3. The van der Waals surface area contributed by atoms with Gasteiger partial charge in [-0.05, 0) is 38.3 Å². The van der Waals surface area contributed by atoms with Crippen LogP contribution in [-0.4, -0.2) is 84.0 Å². The Morgan fingerprint density at radius 3 is 2.76 bits per heavy atom. The Bertz CT molecular complexity index is 1210. The molecule has 0 saturated heterocycles. The molecule has 11 heteroatoms. The van der Waals surface area contributed by atoms with Crippen LogP contribution in [0.2, 0.25) is 0 Å². The van der Waals surface area contributed by atoms with Gasteiger partial charge in [-0.1, -0.05) is 23.8 Å². The van der Waals surface area contributed by atoms with Crippen molar-refractivity contribution in [2.24, 2.45) is 16.8 Å². The van der Waals surface area contributed by atoms with E-state index in [9.17, 15) is 14.4 Å². The van der Waals surface area contributed by atoms with Gasteiger partial charge < -0.3 is 20.4 Å². The minimum atomic E-state index is -0.303. The van der Waals surface area contributed by atoms with Crippen LogP contribution >= 0.6 is 22.9 Å². The van der Waals surface area contributed by atoms with Crippen LogP contribution in [0.25, 0.3) is 0 Å². The summed E-state index contributed by atoms with van der Waals surface area (Å²) >= 11 is 7.59. The van der Waals surface area contributed by atoms with Gasteiger partial charge in [0.1, 0.15) is 5.71 Å². The van der Waals surface area contributed by atoms with Gasteiger partial charge in [0.2, 0.25) is 5.91 Å². The van der Waals surface area contributed by atoms with Crippen molar-refractivity contribution in [3.8, 4) is 0 Å². The molecule has 3 heterocycles. The Morgan fingerprint density at radius 2 is 1.97 bits per heavy atom. The first-order valence-corrected chi connectivity index (χ1v) is 14.5. The van der Waals surface area contributed by atoms with E-state index < -0.39 is 0 Å². The summed E-state index contributed by atoms with van der Waals surface area (Å²) in [6, 6.07) is -0.614. The number of likely N-dealkylation sites (N-methyl/N-ethyl adjacent to an activating group) is 1. The smallest absolute Gasteiger partial charge is 0.280 e. The van der Waals surface area contributed by atoms with E-state index in [0.29, 0.717) is 41.4 Å². The predicted octanol–water partition coefficient (Wildman–Crippen LogP) is 2.51. The summed E-state index contributed by atoms with van der Waals surface area (Å²) in [4.78, 5) is 53.2. The first kappa shape index (κ1) is 27.0. The van der Waals surface area contributed by atoms with Gasteiger partial charge in [-0.3, -0.25) is 19.4 Å². The van der Waals surface area contributed by atoms with Crippen LogP contribution in [0.5, 0.6) is 0 Å². The predicted molar refractivity (Wildman–Crippen MR) is 148 cm³/mol. The Labute approximate surface area is 232 Å². The summed E-state index contributed by atoms with van der Waals surface area (Å²) in [5.74, 6) is -0.110. The van der Waals surface area contributed by atoms with Crippen molar-refractivity contribution in [2.75, 3.05) is 27.7 Å². The highest BCUT2D eigenvalue weighted by Crippen LogP contribution is 2.32. The molecule has 0 aromatic carbocycles. The molecule has 38 heavy (non-hydrogen) atoms. The number of hydrogen-bond acceptors (Lipinski definition) is 7. The van der Waals surface area contributed by atoms with Gasteiger partial charge >= 0.3 is 0 Å². The minimum absolute atomic E-state index is 0.0588. The van der Waals surface area contributed by atoms with Gasteiger partial charge in [-0.15, -0.1) is 11.3 Å². The van der Waals surface area contributed by atoms with E-state index in [1.165, 1.54) is 11.3 Å². The van der Waals surface area contributed by atoms with Crippen molar-refractivity contribution in [1.29, 1.82) is 0 Å². The Balaban J connectivity index is 1.28. The zero-order chi connectivity index (χ0) is 27.0. The third-order valence-corrected chi connectivity index (χ3v) is 9.26. The molecule has 2 aliphatic carbocycles. The topological polar surface area (TPSA) is 107 Å². The zero-order valence-corrected chi connectivity index (χ0v) is 23.6. The van der Waals surface area contributed by atoms with E-state index in [2.05, 4.69) is 32.6 Å². The van der Waals surface area contributed by atoms with Gasteiger partial charge in [0.15, 0.2) is 5.01 Å². The number of aromatic nitrogens is 1. The lowest BCUT2D eigenvalue weighted by molar-refractivity contribution is -0.130. The van der Waals surface area contributed by atoms with E-state index in [-0.39, 0.29) is 47.7 Å². The number of carbonyl (C=O) groups excluding carboxylic acids is 3. The normalized spacial score (nSPS) is 28.6. The fourth-order valence-electron chi connectivity index (χ4n) is 5.72. The Hall–Kier alpha value is -2.56. The molecule has 1 fully saturated rings. The van der Waals surface area contributed by atoms with Crippen molar-refractivity contribution in [2.45, 2.75) is 63.2 Å².